The number of alkyl halides is 3. The van der Waals surface area contributed by atoms with Crippen LogP contribution in [0.3, 0.4) is 0 Å². The molecule has 1 N–H and O–H groups in total. The van der Waals surface area contributed by atoms with E-state index in [4.69, 9.17) is 4.42 Å². The van der Waals surface area contributed by atoms with Crippen molar-refractivity contribution in [2.24, 2.45) is 0 Å². The van der Waals surface area contributed by atoms with Crippen molar-refractivity contribution < 1.29 is 22.4 Å². The Balaban J connectivity index is 2.32. The number of hydrogen-bond acceptors (Lipinski definition) is 3. The summed E-state index contributed by atoms with van der Waals surface area (Å²) in [5.74, 6) is -1.11. The maximum atomic E-state index is 12.0. The van der Waals surface area contributed by atoms with Crippen molar-refractivity contribution in [3.05, 3.63) is 46.3 Å². The topological polar surface area (TPSA) is 59.3 Å². The van der Waals surface area contributed by atoms with Gasteiger partial charge in [0.1, 0.15) is 17.7 Å². The van der Waals surface area contributed by atoms with Crippen molar-refractivity contribution in [3.8, 4) is 0 Å². The van der Waals surface area contributed by atoms with Crippen molar-refractivity contribution in [2.45, 2.75) is 6.18 Å². The summed E-state index contributed by atoms with van der Waals surface area (Å²) in [5, 5.41) is 2.08. The van der Waals surface area contributed by atoms with E-state index >= 15 is 0 Å². The number of fused-ring (bicyclic) bond motifs is 1. The summed E-state index contributed by atoms with van der Waals surface area (Å²) in [6.07, 6.45) is -4.54. The van der Waals surface area contributed by atoms with E-state index in [1.54, 1.807) is 23.5 Å². The average Bonchev–Trinajstić information content (AvgIpc) is 2.34. The minimum Gasteiger partial charge on any atom is -0.422 e. The lowest BCUT2D eigenvalue weighted by Crippen LogP contribution is -2.35. The SMILES string of the molecule is O=C(NCC(F)(F)F)c1cc2ccccc2oc1=O. The standard InChI is InChI=1S/C12H8F3NO3/c13-12(14,15)6-16-10(17)8-5-7-3-1-2-4-9(7)19-11(8)18/h1-5H,6H2,(H,16,17). The quantitative estimate of drug-likeness (QED) is 0.851. The zero-order valence-corrected chi connectivity index (χ0v) is 9.45. The summed E-state index contributed by atoms with van der Waals surface area (Å²) in [4.78, 5) is 23.0. The minimum absolute atomic E-state index is 0.264. The Morgan fingerprint density at radius 1 is 1.26 bits per heavy atom. The third kappa shape index (κ3) is 3.12. The smallest absolute Gasteiger partial charge is 0.405 e. The van der Waals surface area contributed by atoms with Gasteiger partial charge in [0.15, 0.2) is 0 Å². The molecule has 2 aromatic rings. The second kappa shape index (κ2) is 4.75. The zero-order chi connectivity index (χ0) is 14.0. The first-order valence-electron chi connectivity index (χ1n) is 5.25. The molecule has 1 aromatic carbocycles. The van der Waals surface area contributed by atoms with Gasteiger partial charge in [-0.3, -0.25) is 4.79 Å². The monoisotopic (exact) mass is 271 g/mol. The molecule has 0 unspecified atom stereocenters. The van der Waals surface area contributed by atoms with Crippen molar-refractivity contribution in [1.82, 2.24) is 5.32 Å². The van der Waals surface area contributed by atoms with Crippen molar-refractivity contribution >= 4 is 16.9 Å². The lowest BCUT2D eigenvalue weighted by Gasteiger charge is -2.07. The Labute approximate surface area is 104 Å². The lowest BCUT2D eigenvalue weighted by molar-refractivity contribution is -0.123. The Kier molecular flexibility index (Phi) is 3.28. The number of amides is 1. The Morgan fingerprint density at radius 2 is 1.95 bits per heavy atom. The highest BCUT2D eigenvalue weighted by Gasteiger charge is 2.28. The molecule has 1 amide bonds. The van der Waals surface area contributed by atoms with Gasteiger partial charge in [0.25, 0.3) is 5.91 Å². The third-order valence-electron chi connectivity index (χ3n) is 2.34. The van der Waals surface area contributed by atoms with Gasteiger partial charge in [0, 0.05) is 5.39 Å². The van der Waals surface area contributed by atoms with Crippen LogP contribution in [0.4, 0.5) is 13.2 Å². The van der Waals surface area contributed by atoms with Crippen LogP contribution in [-0.2, 0) is 0 Å². The number of nitrogens with one attached hydrogen (secondary N) is 1. The fourth-order valence-electron chi connectivity index (χ4n) is 1.50. The van der Waals surface area contributed by atoms with E-state index in [1.165, 1.54) is 12.1 Å². The molecule has 100 valence electrons. The number of carbonyl (C=O) groups is 1. The summed E-state index contributed by atoms with van der Waals surface area (Å²) in [6.45, 7) is -1.50. The molecule has 0 saturated carbocycles. The average molecular weight is 271 g/mol. The molecular formula is C12H8F3NO3. The van der Waals surface area contributed by atoms with Crippen molar-refractivity contribution in [2.75, 3.05) is 6.54 Å². The molecule has 0 bridgehead atoms. The van der Waals surface area contributed by atoms with Crippen LogP contribution in [0.25, 0.3) is 11.0 Å². The Morgan fingerprint density at radius 3 is 2.63 bits per heavy atom. The summed E-state index contributed by atoms with van der Waals surface area (Å²) in [6, 6.07) is 7.59. The molecule has 0 radical (unpaired) electrons. The van der Waals surface area contributed by atoms with Crippen LogP contribution in [0.2, 0.25) is 0 Å². The molecule has 4 nitrogen and oxygen atoms in total. The lowest BCUT2D eigenvalue weighted by atomic mass is 10.2. The van der Waals surface area contributed by atoms with E-state index in [9.17, 15) is 22.8 Å². The van der Waals surface area contributed by atoms with Gasteiger partial charge in [0.2, 0.25) is 0 Å². The maximum Gasteiger partial charge on any atom is 0.405 e. The summed E-state index contributed by atoms with van der Waals surface area (Å²) < 4.78 is 40.8. The number of hydrogen-bond donors (Lipinski definition) is 1. The number of rotatable bonds is 2. The first kappa shape index (κ1) is 13.1. The molecule has 0 aliphatic heterocycles. The van der Waals surface area contributed by atoms with E-state index in [2.05, 4.69) is 0 Å². The highest BCUT2D eigenvalue weighted by Crippen LogP contribution is 2.14. The van der Waals surface area contributed by atoms with Crippen LogP contribution in [0.15, 0.2) is 39.5 Å². The Hall–Kier alpha value is -2.31. The number of benzene rings is 1. The summed E-state index contributed by atoms with van der Waals surface area (Å²) in [5.41, 5.74) is -1.17. The third-order valence-corrected chi connectivity index (χ3v) is 2.34. The van der Waals surface area contributed by atoms with Gasteiger partial charge >= 0.3 is 11.8 Å². The number of halogens is 3. The van der Waals surface area contributed by atoms with Crippen LogP contribution in [0.1, 0.15) is 10.4 Å². The van der Waals surface area contributed by atoms with Crippen LogP contribution < -0.4 is 10.9 Å². The molecule has 19 heavy (non-hydrogen) atoms. The van der Waals surface area contributed by atoms with Crippen LogP contribution in [0, 0.1) is 0 Å². The van der Waals surface area contributed by atoms with E-state index < -0.39 is 29.8 Å². The van der Waals surface area contributed by atoms with Crippen LogP contribution in [-0.4, -0.2) is 18.6 Å². The summed E-state index contributed by atoms with van der Waals surface area (Å²) >= 11 is 0. The molecule has 1 aromatic heterocycles. The molecular weight excluding hydrogens is 263 g/mol. The molecule has 0 spiro atoms. The van der Waals surface area contributed by atoms with Crippen molar-refractivity contribution in [3.63, 3.8) is 0 Å². The van der Waals surface area contributed by atoms with Gasteiger partial charge in [-0.2, -0.15) is 13.2 Å². The second-order valence-corrected chi connectivity index (χ2v) is 3.78. The van der Waals surface area contributed by atoms with E-state index in [-0.39, 0.29) is 5.58 Å². The number of carbonyl (C=O) groups excluding carboxylic acids is 1. The van der Waals surface area contributed by atoms with E-state index in [1.807, 2.05) is 0 Å². The first-order valence-corrected chi connectivity index (χ1v) is 5.25. The highest BCUT2D eigenvalue weighted by molar-refractivity contribution is 5.96. The normalized spacial score (nSPS) is 11.5. The fraction of sp³-hybridized carbons (Fsp3) is 0.167. The highest BCUT2D eigenvalue weighted by atomic mass is 19.4. The molecule has 1 heterocycles. The van der Waals surface area contributed by atoms with Gasteiger partial charge in [-0.05, 0) is 12.1 Å². The predicted molar refractivity (Wildman–Crippen MR) is 60.9 cm³/mol. The van der Waals surface area contributed by atoms with E-state index in [0.29, 0.717) is 5.39 Å². The molecule has 0 fully saturated rings. The van der Waals surface area contributed by atoms with Gasteiger partial charge in [-0.15, -0.1) is 0 Å². The molecule has 2 rings (SSSR count). The van der Waals surface area contributed by atoms with Gasteiger partial charge < -0.3 is 9.73 Å². The first-order chi connectivity index (χ1) is 8.87. The van der Waals surface area contributed by atoms with Crippen LogP contribution in [0.5, 0.6) is 0 Å². The van der Waals surface area contributed by atoms with E-state index in [0.717, 1.165) is 0 Å². The maximum absolute atomic E-state index is 12.0. The second-order valence-electron chi connectivity index (χ2n) is 3.78. The molecule has 7 heteroatoms. The zero-order valence-electron chi connectivity index (χ0n) is 9.45. The van der Waals surface area contributed by atoms with Gasteiger partial charge in [-0.1, -0.05) is 18.2 Å². The van der Waals surface area contributed by atoms with Crippen LogP contribution >= 0.6 is 0 Å². The van der Waals surface area contributed by atoms with Crippen molar-refractivity contribution in [1.29, 1.82) is 0 Å². The fourth-order valence-corrected chi connectivity index (χ4v) is 1.50. The van der Waals surface area contributed by atoms with Gasteiger partial charge in [0.05, 0.1) is 0 Å². The molecule has 0 aliphatic rings. The van der Waals surface area contributed by atoms with Gasteiger partial charge in [-0.25, -0.2) is 4.79 Å². The predicted octanol–water partition coefficient (Wildman–Crippen LogP) is 2.09. The molecule has 0 atom stereocenters. The minimum atomic E-state index is -4.54. The Bertz CT molecular complexity index is 676. The molecule has 0 saturated heterocycles. The largest absolute Gasteiger partial charge is 0.422 e. The number of para-hydroxylation sites is 1. The summed E-state index contributed by atoms with van der Waals surface area (Å²) in [7, 11) is 0. The molecule has 0 aliphatic carbocycles.